The fourth-order valence-electron chi connectivity index (χ4n) is 2.84. The molecule has 1 fully saturated rings. The van der Waals surface area contributed by atoms with Gasteiger partial charge < -0.3 is 9.64 Å². The predicted molar refractivity (Wildman–Crippen MR) is 89.9 cm³/mol. The van der Waals surface area contributed by atoms with E-state index in [9.17, 15) is 0 Å². The van der Waals surface area contributed by atoms with Crippen molar-refractivity contribution in [3.63, 3.8) is 0 Å². The number of ether oxygens (including phenoxy) is 1. The quantitative estimate of drug-likeness (QED) is 0.734. The Morgan fingerprint density at radius 3 is 3.04 bits per heavy atom. The summed E-state index contributed by atoms with van der Waals surface area (Å²) in [6.45, 7) is 2.68. The number of pyridine rings is 1. The van der Waals surface area contributed by atoms with E-state index in [1.165, 1.54) is 11.1 Å². The molecule has 118 valence electrons. The zero-order valence-corrected chi connectivity index (χ0v) is 13.4. The Bertz CT molecular complexity index is 745. The van der Waals surface area contributed by atoms with Crippen molar-refractivity contribution < 1.29 is 4.74 Å². The smallest absolute Gasteiger partial charge is 0.232 e. The fraction of sp³-hybridized carbons (Fsp3) is 0.375. The van der Waals surface area contributed by atoms with Gasteiger partial charge in [0.2, 0.25) is 5.88 Å². The largest absolute Gasteiger partial charge is 0.476 e. The van der Waals surface area contributed by atoms with Crippen LogP contribution < -0.4 is 9.64 Å². The van der Waals surface area contributed by atoms with Crippen LogP contribution >= 0.6 is 11.3 Å². The lowest BCUT2D eigenvalue weighted by Crippen LogP contribution is -2.37. The molecule has 0 bridgehead atoms. The Morgan fingerprint density at radius 1 is 1.22 bits per heavy atom. The molecule has 1 aliphatic heterocycles. The number of rotatable bonds is 4. The molecule has 4 heterocycles. The van der Waals surface area contributed by atoms with Gasteiger partial charge in [0.1, 0.15) is 5.52 Å². The summed E-state index contributed by atoms with van der Waals surface area (Å²) < 4.78 is 6.95. The van der Waals surface area contributed by atoms with E-state index in [4.69, 9.17) is 9.72 Å². The zero-order chi connectivity index (χ0) is 15.5. The molecule has 0 spiro atoms. The highest BCUT2D eigenvalue weighted by molar-refractivity contribution is 7.22. The summed E-state index contributed by atoms with van der Waals surface area (Å²) in [7, 11) is 0. The van der Waals surface area contributed by atoms with Crippen molar-refractivity contribution in [2.45, 2.75) is 12.8 Å². The minimum absolute atomic E-state index is 0.482. The third-order valence-electron chi connectivity index (χ3n) is 3.97. The molecule has 1 atom stereocenters. The SMILES string of the molecule is c1cnc(OCC2CCCN(c3nc4cnccc4s3)C2)cn1. The standard InChI is InChI=1S/C16H17N5OS/c1-2-12(11-22-15-9-18-5-6-19-15)10-21(7-1)16-20-13-8-17-4-3-14(13)23-16/h3-6,8-9,12H,1-2,7,10-11H2. The monoisotopic (exact) mass is 327 g/mol. The molecule has 1 unspecified atom stereocenters. The van der Waals surface area contributed by atoms with E-state index in [0.29, 0.717) is 18.4 Å². The molecule has 3 aromatic heterocycles. The first-order chi connectivity index (χ1) is 11.4. The van der Waals surface area contributed by atoms with Gasteiger partial charge in [0.15, 0.2) is 5.13 Å². The lowest BCUT2D eigenvalue weighted by molar-refractivity contribution is 0.221. The molecular formula is C16H17N5OS. The highest BCUT2D eigenvalue weighted by Crippen LogP contribution is 2.31. The first-order valence-corrected chi connectivity index (χ1v) is 8.54. The van der Waals surface area contributed by atoms with Crippen molar-refractivity contribution in [2.75, 3.05) is 24.6 Å². The highest BCUT2D eigenvalue weighted by atomic mass is 32.1. The number of thiazole rings is 1. The summed E-state index contributed by atoms with van der Waals surface area (Å²) in [6.07, 6.45) is 10.9. The first-order valence-electron chi connectivity index (χ1n) is 7.73. The van der Waals surface area contributed by atoms with E-state index in [1.807, 2.05) is 18.5 Å². The van der Waals surface area contributed by atoms with Crippen LogP contribution in [0.2, 0.25) is 0 Å². The Kier molecular flexibility index (Phi) is 4.02. The van der Waals surface area contributed by atoms with Crippen LogP contribution in [-0.2, 0) is 0 Å². The molecule has 7 heteroatoms. The molecular weight excluding hydrogens is 310 g/mol. The Morgan fingerprint density at radius 2 is 2.17 bits per heavy atom. The maximum atomic E-state index is 5.76. The fourth-order valence-corrected chi connectivity index (χ4v) is 3.81. The van der Waals surface area contributed by atoms with Gasteiger partial charge in [-0.3, -0.25) is 9.97 Å². The van der Waals surface area contributed by atoms with Crippen LogP contribution in [0.5, 0.6) is 5.88 Å². The summed E-state index contributed by atoms with van der Waals surface area (Å²) in [5.41, 5.74) is 0.977. The second-order valence-electron chi connectivity index (χ2n) is 5.65. The minimum Gasteiger partial charge on any atom is -0.476 e. The lowest BCUT2D eigenvalue weighted by Gasteiger charge is -2.32. The molecule has 3 aromatic rings. The van der Waals surface area contributed by atoms with Gasteiger partial charge in [-0.25, -0.2) is 9.97 Å². The maximum Gasteiger partial charge on any atom is 0.232 e. The molecule has 0 saturated carbocycles. The van der Waals surface area contributed by atoms with Gasteiger partial charge in [-0.05, 0) is 18.9 Å². The second kappa shape index (κ2) is 6.45. The average molecular weight is 327 g/mol. The predicted octanol–water partition coefficient (Wildman–Crippen LogP) is 2.78. The van der Waals surface area contributed by atoms with Gasteiger partial charge in [-0.15, -0.1) is 0 Å². The summed E-state index contributed by atoms with van der Waals surface area (Å²) in [6, 6.07) is 2.02. The Hall–Kier alpha value is -2.28. The van der Waals surface area contributed by atoms with Gasteiger partial charge in [-0.2, -0.15) is 0 Å². The van der Waals surface area contributed by atoms with Crippen LogP contribution in [0, 0.1) is 5.92 Å². The molecule has 23 heavy (non-hydrogen) atoms. The molecule has 6 nitrogen and oxygen atoms in total. The maximum absolute atomic E-state index is 5.76. The van der Waals surface area contributed by atoms with Gasteiger partial charge in [-0.1, -0.05) is 11.3 Å². The number of fused-ring (bicyclic) bond motifs is 1. The van der Waals surface area contributed by atoms with E-state index in [1.54, 1.807) is 29.9 Å². The molecule has 0 N–H and O–H groups in total. The number of piperidine rings is 1. The van der Waals surface area contributed by atoms with Crippen LogP contribution in [0.25, 0.3) is 10.2 Å². The second-order valence-corrected chi connectivity index (χ2v) is 6.66. The van der Waals surface area contributed by atoms with E-state index in [2.05, 4.69) is 19.9 Å². The Labute approximate surface area is 138 Å². The van der Waals surface area contributed by atoms with Crippen LogP contribution in [0.1, 0.15) is 12.8 Å². The van der Waals surface area contributed by atoms with Crippen molar-refractivity contribution in [2.24, 2.45) is 5.92 Å². The summed E-state index contributed by atoms with van der Waals surface area (Å²) in [4.78, 5) is 19.4. The lowest BCUT2D eigenvalue weighted by atomic mass is 9.99. The van der Waals surface area contributed by atoms with Gasteiger partial charge in [0.05, 0.1) is 23.7 Å². The van der Waals surface area contributed by atoms with Crippen LogP contribution in [0.15, 0.2) is 37.1 Å². The molecule has 1 saturated heterocycles. The molecule has 0 aromatic carbocycles. The average Bonchev–Trinajstić information content (AvgIpc) is 3.05. The molecule has 0 amide bonds. The topological polar surface area (TPSA) is 64.0 Å². The van der Waals surface area contributed by atoms with Gasteiger partial charge in [0.25, 0.3) is 0 Å². The van der Waals surface area contributed by atoms with E-state index in [-0.39, 0.29) is 0 Å². The first kappa shape index (κ1) is 14.3. The van der Waals surface area contributed by atoms with Crippen LogP contribution in [-0.4, -0.2) is 39.6 Å². The highest BCUT2D eigenvalue weighted by Gasteiger charge is 2.23. The van der Waals surface area contributed by atoms with Crippen LogP contribution in [0.3, 0.4) is 0 Å². The van der Waals surface area contributed by atoms with E-state index >= 15 is 0 Å². The van der Waals surface area contributed by atoms with E-state index in [0.717, 1.165) is 30.2 Å². The van der Waals surface area contributed by atoms with Gasteiger partial charge in [0, 0.05) is 37.6 Å². The number of anilines is 1. The molecule has 4 rings (SSSR count). The molecule has 0 aliphatic carbocycles. The Balaban J connectivity index is 1.42. The number of hydrogen-bond donors (Lipinski definition) is 0. The minimum atomic E-state index is 0.482. The third kappa shape index (κ3) is 3.24. The van der Waals surface area contributed by atoms with Crippen molar-refractivity contribution in [3.8, 4) is 5.88 Å². The summed E-state index contributed by atoms with van der Waals surface area (Å²) in [5, 5.41) is 1.08. The van der Waals surface area contributed by atoms with Crippen molar-refractivity contribution >= 4 is 26.7 Å². The summed E-state index contributed by atoms with van der Waals surface area (Å²) in [5.74, 6) is 1.08. The normalized spacial score (nSPS) is 18.3. The van der Waals surface area contributed by atoms with Crippen molar-refractivity contribution in [1.29, 1.82) is 0 Å². The molecule has 1 aliphatic rings. The number of aromatic nitrogens is 4. The molecule has 0 radical (unpaired) electrons. The van der Waals surface area contributed by atoms with Gasteiger partial charge >= 0.3 is 0 Å². The van der Waals surface area contributed by atoms with Crippen molar-refractivity contribution in [3.05, 3.63) is 37.1 Å². The number of nitrogens with zero attached hydrogens (tertiary/aromatic N) is 5. The van der Waals surface area contributed by atoms with E-state index < -0.39 is 0 Å². The number of hydrogen-bond acceptors (Lipinski definition) is 7. The van der Waals surface area contributed by atoms with Crippen molar-refractivity contribution in [1.82, 2.24) is 19.9 Å². The third-order valence-corrected chi connectivity index (χ3v) is 5.07. The van der Waals surface area contributed by atoms with Crippen LogP contribution in [0.4, 0.5) is 5.13 Å². The summed E-state index contributed by atoms with van der Waals surface area (Å²) >= 11 is 1.73. The zero-order valence-electron chi connectivity index (χ0n) is 12.6.